The van der Waals surface area contributed by atoms with E-state index in [1.54, 1.807) is 6.92 Å². The highest BCUT2D eigenvalue weighted by atomic mass is 16.6. The summed E-state index contributed by atoms with van der Waals surface area (Å²) < 4.78 is 10.3. The van der Waals surface area contributed by atoms with Gasteiger partial charge in [-0.15, -0.1) is 0 Å². The summed E-state index contributed by atoms with van der Waals surface area (Å²) >= 11 is 0. The summed E-state index contributed by atoms with van der Waals surface area (Å²) in [5.74, 6) is -0.994. The van der Waals surface area contributed by atoms with Crippen molar-refractivity contribution in [3.63, 3.8) is 0 Å². The first-order chi connectivity index (χ1) is 12.1. The molecule has 6 nitrogen and oxygen atoms in total. The minimum absolute atomic E-state index is 0.0350. The zero-order valence-corrected chi connectivity index (χ0v) is 14.3. The number of benzene rings is 1. The fourth-order valence-corrected chi connectivity index (χ4v) is 3.35. The Hall–Kier alpha value is -2.37. The number of amides is 1. The number of likely N-dealkylation sites (tertiary alicyclic amines) is 1. The second-order valence-corrected chi connectivity index (χ2v) is 6.49. The number of esters is 1. The summed E-state index contributed by atoms with van der Waals surface area (Å²) in [6, 6.07) is 8.95. The molecule has 1 saturated heterocycles. The van der Waals surface area contributed by atoms with E-state index in [4.69, 9.17) is 9.47 Å². The molecule has 2 fully saturated rings. The van der Waals surface area contributed by atoms with E-state index in [1.807, 2.05) is 30.3 Å². The first-order valence-corrected chi connectivity index (χ1v) is 8.79. The van der Waals surface area contributed by atoms with Crippen molar-refractivity contribution >= 4 is 17.8 Å². The quantitative estimate of drug-likeness (QED) is 0.741. The Morgan fingerprint density at radius 3 is 2.60 bits per heavy atom. The van der Waals surface area contributed by atoms with Crippen molar-refractivity contribution in [3.05, 3.63) is 35.9 Å². The number of hydrogen-bond donors (Lipinski definition) is 0. The Morgan fingerprint density at radius 2 is 1.88 bits per heavy atom. The molecule has 2 aliphatic rings. The molecule has 25 heavy (non-hydrogen) atoms. The topological polar surface area (TPSA) is 72.9 Å². The van der Waals surface area contributed by atoms with Gasteiger partial charge < -0.3 is 9.47 Å². The summed E-state index contributed by atoms with van der Waals surface area (Å²) in [7, 11) is 0. The molecule has 1 aliphatic carbocycles. The average molecular weight is 345 g/mol. The third kappa shape index (κ3) is 4.00. The van der Waals surface area contributed by atoms with E-state index in [0.29, 0.717) is 26.0 Å². The van der Waals surface area contributed by atoms with E-state index in [2.05, 4.69) is 0 Å². The van der Waals surface area contributed by atoms with Gasteiger partial charge in [0.25, 0.3) is 0 Å². The molecule has 0 spiro atoms. The lowest BCUT2D eigenvalue weighted by Crippen LogP contribution is -2.41. The van der Waals surface area contributed by atoms with Crippen LogP contribution in [0.5, 0.6) is 0 Å². The maximum Gasteiger partial charge on any atom is 0.410 e. The van der Waals surface area contributed by atoms with E-state index < -0.39 is 12.1 Å². The van der Waals surface area contributed by atoms with E-state index >= 15 is 0 Å². The molecule has 134 valence electrons. The second-order valence-electron chi connectivity index (χ2n) is 6.49. The molecule has 0 bridgehead atoms. The number of carbonyl (C=O) groups excluding carboxylic acids is 3. The summed E-state index contributed by atoms with van der Waals surface area (Å²) in [6.45, 7) is 2.77. The van der Waals surface area contributed by atoms with Gasteiger partial charge in [0.1, 0.15) is 6.61 Å². The van der Waals surface area contributed by atoms with Crippen LogP contribution in [0.1, 0.15) is 31.7 Å². The summed E-state index contributed by atoms with van der Waals surface area (Å²) in [4.78, 5) is 38.2. The van der Waals surface area contributed by atoms with Crippen LogP contribution in [0, 0.1) is 11.8 Å². The van der Waals surface area contributed by atoms with Gasteiger partial charge in [0.05, 0.1) is 18.6 Å². The number of carbonyl (C=O) groups is 3. The summed E-state index contributed by atoms with van der Waals surface area (Å²) in [5.41, 5.74) is 0.905. The molecule has 0 radical (unpaired) electrons. The van der Waals surface area contributed by atoms with Crippen LogP contribution in [0.4, 0.5) is 4.79 Å². The number of hydrogen-bond acceptors (Lipinski definition) is 5. The highest BCUT2D eigenvalue weighted by Gasteiger charge is 2.52. The number of nitrogens with zero attached hydrogens (tertiary/aromatic N) is 1. The third-order valence-corrected chi connectivity index (χ3v) is 4.77. The lowest BCUT2D eigenvalue weighted by atomic mass is 10.0. The molecular formula is C19H23NO5. The molecule has 6 heteroatoms. The molecule has 0 N–H and O–H groups in total. The van der Waals surface area contributed by atoms with Crippen molar-refractivity contribution in [2.75, 3.05) is 13.2 Å². The smallest absolute Gasteiger partial charge is 0.410 e. The second kappa shape index (κ2) is 7.68. The van der Waals surface area contributed by atoms with Crippen LogP contribution in [-0.4, -0.2) is 41.9 Å². The van der Waals surface area contributed by atoms with E-state index in [1.165, 1.54) is 4.90 Å². The van der Waals surface area contributed by atoms with Crippen LogP contribution in [-0.2, 0) is 25.7 Å². The van der Waals surface area contributed by atoms with E-state index in [9.17, 15) is 14.4 Å². The SMILES string of the molecule is CCOC(=O)[C@H]1C[C@@H]1C(=O)[C@@H]1CCCN1C(=O)OCc1ccccc1. The minimum atomic E-state index is -0.479. The zero-order chi connectivity index (χ0) is 17.8. The molecule has 1 amide bonds. The van der Waals surface area contributed by atoms with Crippen LogP contribution in [0.15, 0.2) is 30.3 Å². The molecule has 3 atom stereocenters. The number of ketones is 1. The van der Waals surface area contributed by atoms with E-state index in [-0.39, 0.29) is 30.2 Å². The van der Waals surface area contributed by atoms with Gasteiger partial charge in [-0.05, 0) is 31.7 Å². The molecule has 3 rings (SSSR count). The Kier molecular flexibility index (Phi) is 5.36. The minimum Gasteiger partial charge on any atom is -0.466 e. The molecular weight excluding hydrogens is 322 g/mol. The molecule has 0 unspecified atom stereocenters. The first kappa shape index (κ1) is 17.5. The van der Waals surface area contributed by atoms with Gasteiger partial charge in [0.15, 0.2) is 5.78 Å². The van der Waals surface area contributed by atoms with Gasteiger partial charge in [0.2, 0.25) is 0 Å². The van der Waals surface area contributed by atoms with Crippen LogP contribution >= 0.6 is 0 Å². The molecule has 1 heterocycles. The monoisotopic (exact) mass is 345 g/mol. The first-order valence-electron chi connectivity index (χ1n) is 8.79. The van der Waals surface area contributed by atoms with Crippen molar-refractivity contribution in [2.24, 2.45) is 11.8 Å². The zero-order valence-electron chi connectivity index (χ0n) is 14.3. The molecule has 1 aromatic rings. The van der Waals surface area contributed by atoms with Gasteiger partial charge in [0, 0.05) is 12.5 Å². The summed E-state index contributed by atoms with van der Waals surface area (Å²) in [6.07, 6.45) is 1.47. The van der Waals surface area contributed by atoms with Crippen LogP contribution in [0.2, 0.25) is 0 Å². The van der Waals surface area contributed by atoms with Crippen molar-refractivity contribution in [3.8, 4) is 0 Å². The van der Waals surface area contributed by atoms with Crippen molar-refractivity contribution in [1.29, 1.82) is 0 Å². The average Bonchev–Trinajstić information content (AvgIpc) is 3.28. The van der Waals surface area contributed by atoms with Gasteiger partial charge in [-0.2, -0.15) is 0 Å². The number of rotatable bonds is 6. The van der Waals surface area contributed by atoms with Gasteiger partial charge in [-0.3, -0.25) is 14.5 Å². The maximum atomic E-state index is 12.7. The summed E-state index contributed by atoms with van der Waals surface area (Å²) in [5, 5.41) is 0. The number of Topliss-reactive ketones (excluding diaryl/α,β-unsaturated/α-hetero) is 1. The van der Waals surface area contributed by atoms with Gasteiger partial charge >= 0.3 is 12.1 Å². The van der Waals surface area contributed by atoms with Crippen molar-refractivity contribution in [1.82, 2.24) is 4.90 Å². The Morgan fingerprint density at radius 1 is 1.12 bits per heavy atom. The Bertz CT molecular complexity index is 644. The third-order valence-electron chi connectivity index (χ3n) is 4.77. The predicted molar refractivity (Wildman–Crippen MR) is 89.6 cm³/mol. The lowest BCUT2D eigenvalue weighted by Gasteiger charge is -2.23. The van der Waals surface area contributed by atoms with Crippen LogP contribution in [0.3, 0.4) is 0 Å². The van der Waals surface area contributed by atoms with Gasteiger partial charge in [-0.1, -0.05) is 30.3 Å². The molecule has 0 aromatic heterocycles. The lowest BCUT2D eigenvalue weighted by molar-refractivity contribution is -0.146. The van der Waals surface area contributed by atoms with Crippen molar-refractivity contribution in [2.45, 2.75) is 38.8 Å². The predicted octanol–water partition coefficient (Wildman–Crippen LogP) is 2.56. The fraction of sp³-hybridized carbons (Fsp3) is 0.526. The fourth-order valence-electron chi connectivity index (χ4n) is 3.35. The Balaban J connectivity index is 1.54. The van der Waals surface area contributed by atoms with Crippen LogP contribution in [0.25, 0.3) is 0 Å². The van der Waals surface area contributed by atoms with E-state index in [0.717, 1.165) is 12.0 Å². The number of ether oxygens (including phenoxy) is 2. The standard InChI is InChI=1S/C19H23NO5/c1-2-24-18(22)15-11-14(15)17(21)16-9-6-10-20(16)19(23)25-12-13-7-4-3-5-8-13/h3-5,7-8,14-16H,2,6,9-12H2,1H3/t14-,15-,16-/m0/s1. The largest absolute Gasteiger partial charge is 0.466 e. The van der Waals surface area contributed by atoms with Crippen LogP contribution < -0.4 is 0 Å². The maximum absolute atomic E-state index is 12.7. The normalized spacial score (nSPS) is 24.7. The molecule has 1 aromatic carbocycles. The molecule has 1 saturated carbocycles. The van der Waals surface area contributed by atoms with Gasteiger partial charge in [-0.25, -0.2) is 4.79 Å². The Labute approximate surface area is 147 Å². The molecule has 1 aliphatic heterocycles. The van der Waals surface area contributed by atoms with Crippen molar-refractivity contribution < 1.29 is 23.9 Å². The highest BCUT2D eigenvalue weighted by molar-refractivity contribution is 5.96. The highest BCUT2D eigenvalue weighted by Crippen LogP contribution is 2.42.